The number of hydrazine groups is 1. The second kappa shape index (κ2) is 8.01. The van der Waals surface area contributed by atoms with Crippen LogP contribution in [0, 0.1) is 11.8 Å². The van der Waals surface area contributed by atoms with Gasteiger partial charge in [0.05, 0.1) is 29.0 Å². The van der Waals surface area contributed by atoms with Crippen molar-refractivity contribution >= 4 is 40.9 Å². The molecule has 0 saturated carbocycles. The van der Waals surface area contributed by atoms with Crippen LogP contribution in [0.15, 0.2) is 60.7 Å². The molecule has 1 fully saturated rings. The quantitative estimate of drug-likeness (QED) is 0.531. The van der Waals surface area contributed by atoms with Gasteiger partial charge in [0, 0.05) is 5.02 Å². The molecule has 1 aliphatic carbocycles. The van der Waals surface area contributed by atoms with Crippen LogP contribution in [0.4, 0.5) is 0 Å². The van der Waals surface area contributed by atoms with E-state index in [2.05, 4.69) is 0 Å². The maximum absolute atomic E-state index is 13.4. The standard InChI is InChI=1S/C22H18Cl2N2O3/c23-18-11-5-1-7-14(18)13-25(20(27)17-10-4-6-12-19(17)24)26-21(28)15-8-2-3-9-16(15)22(26)29/h1-7,10-12,15-16H,8-9,13H2/t15-,16+. The summed E-state index contributed by atoms with van der Waals surface area (Å²) in [6.45, 7) is -0.0198. The van der Waals surface area contributed by atoms with E-state index >= 15 is 0 Å². The fourth-order valence-corrected chi connectivity index (χ4v) is 4.23. The van der Waals surface area contributed by atoms with Crippen molar-refractivity contribution in [1.82, 2.24) is 10.0 Å². The Morgan fingerprint density at radius 3 is 2.03 bits per heavy atom. The summed E-state index contributed by atoms with van der Waals surface area (Å²) in [6, 6.07) is 13.6. The number of fused-ring (bicyclic) bond motifs is 1. The molecule has 5 nitrogen and oxygen atoms in total. The van der Waals surface area contributed by atoms with Gasteiger partial charge in [-0.1, -0.05) is 65.7 Å². The lowest BCUT2D eigenvalue weighted by atomic mass is 9.85. The van der Waals surface area contributed by atoms with Gasteiger partial charge >= 0.3 is 0 Å². The third kappa shape index (κ3) is 3.56. The van der Waals surface area contributed by atoms with Gasteiger partial charge in [0.2, 0.25) is 0 Å². The Morgan fingerprint density at radius 2 is 1.45 bits per heavy atom. The van der Waals surface area contributed by atoms with Crippen LogP contribution >= 0.6 is 23.2 Å². The molecule has 2 aliphatic rings. The van der Waals surface area contributed by atoms with Crippen molar-refractivity contribution in [2.45, 2.75) is 19.4 Å². The zero-order valence-electron chi connectivity index (χ0n) is 15.4. The van der Waals surface area contributed by atoms with E-state index in [9.17, 15) is 14.4 Å². The number of rotatable bonds is 4. The smallest absolute Gasteiger partial charge is 0.272 e. The lowest BCUT2D eigenvalue weighted by Gasteiger charge is -2.31. The highest BCUT2D eigenvalue weighted by Gasteiger charge is 2.51. The molecule has 1 heterocycles. The molecule has 0 radical (unpaired) electrons. The van der Waals surface area contributed by atoms with Gasteiger partial charge in [0.25, 0.3) is 17.7 Å². The first kappa shape index (κ1) is 19.7. The number of allylic oxidation sites excluding steroid dienone is 2. The van der Waals surface area contributed by atoms with Crippen LogP contribution in [0.1, 0.15) is 28.8 Å². The minimum atomic E-state index is -0.524. The Bertz CT molecular complexity index is 995. The predicted molar refractivity (Wildman–Crippen MR) is 110 cm³/mol. The molecule has 7 heteroatoms. The Hall–Kier alpha value is -2.63. The zero-order valence-corrected chi connectivity index (χ0v) is 16.9. The fourth-order valence-electron chi connectivity index (χ4n) is 3.82. The van der Waals surface area contributed by atoms with E-state index in [-0.39, 0.29) is 28.9 Å². The molecule has 2 aromatic rings. The predicted octanol–water partition coefficient (Wildman–Crippen LogP) is 4.50. The average Bonchev–Trinajstić information content (AvgIpc) is 2.98. The van der Waals surface area contributed by atoms with Gasteiger partial charge in [-0.2, -0.15) is 5.01 Å². The van der Waals surface area contributed by atoms with Crippen molar-refractivity contribution in [2.24, 2.45) is 11.8 Å². The maximum atomic E-state index is 13.4. The van der Waals surface area contributed by atoms with E-state index < -0.39 is 17.7 Å². The first-order valence-electron chi connectivity index (χ1n) is 9.31. The van der Waals surface area contributed by atoms with Crippen molar-refractivity contribution in [3.8, 4) is 0 Å². The van der Waals surface area contributed by atoms with Gasteiger partial charge in [0.1, 0.15) is 0 Å². The van der Waals surface area contributed by atoms with Crippen LogP contribution in [0.25, 0.3) is 0 Å². The zero-order chi connectivity index (χ0) is 20.5. The number of hydrogen-bond donors (Lipinski definition) is 0. The molecule has 2 atom stereocenters. The Balaban J connectivity index is 1.75. The van der Waals surface area contributed by atoms with E-state index in [0.717, 1.165) is 5.01 Å². The third-order valence-corrected chi connectivity index (χ3v) is 6.04. The molecule has 0 N–H and O–H groups in total. The van der Waals surface area contributed by atoms with E-state index in [1.807, 2.05) is 12.2 Å². The highest BCUT2D eigenvalue weighted by atomic mass is 35.5. The van der Waals surface area contributed by atoms with E-state index in [1.165, 1.54) is 5.01 Å². The summed E-state index contributed by atoms with van der Waals surface area (Å²) in [5, 5.41) is 2.87. The van der Waals surface area contributed by atoms with Gasteiger partial charge in [-0.25, -0.2) is 5.01 Å². The molecular weight excluding hydrogens is 411 g/mol. The maximum Gasteiger partial charge on any atom is 0.274 e. The number of carbonyl (C=O) groups excluding carboxylic acids is 3. The van der Waals surface area contributed by atoms with Gasteiger partial charge in [-0.15, -0.1) is 0 Å². The van der Waals surface area contributed by atoms with Crippen molar-refractivity contribution in [3.63, 3.8) is 0 Å². The van der Waals surface area contributed by atoms with Crippen molar-refractivity contribution in [2.75, 3.05) is 0 Å². The third-order valence-electron chi connectivity index (χ3n) is 5.34. The molecule has 2 aromatic carbocycles. The van der Waals surface area contributed by atoms with Crippen LogP contribution in [-0.2, 0) is 16.1 Å². The molecule has 0 unspecified atom stereocenters. The summed E-state index contributed by atoms with van der Waals surface area (Å²) >= 11 is 12.5. The summed E-state index contributed by atoms with van der Waals surface area (Å²) in [6.07, 6.45) is 4.80. The number of carbonyl (C=O) groups is 3. The number of amides is 3. The van der Waals surface area contributed by atoms with Crippen LogP contribution < -0.4 is 0 Å². The Kier molecular flexibility index (Phi) is 5.43. The monoisotopic (exact) mass is 428 g/mol. The van der Waals surface area contributed by atoms with Gasteiger partial charge in [-0.05, 0) is 36.6 Å². The average molecular weight is 429 g/mol. The second-order valence-corrected chi connectivity index (χ2v) is 7.89. The number of nitrogens with zero attached hydrogens (tertiary/aromatic N) is 2. The largest absolute Gasteiger partial charge is 0.274 e. The molecule has 148 valence electrons. The lowest BCUT2D eigenvalue weighted by molar-refractivity contribution is -0.155. The normalized spacial score (nSPS) is 20.7. The summed E-state index contributed by atoms with van der Waals surface area (Å²) < 4.78 is 0. The summed E-state index contributed by atoms with van der Waals surface area (Å²) in [4.78, 5) is 39.6. The number of imide groups is 1. The van der Waals surface area contributed by atoms with Crippen LogP contribution in [-0.4, -0.2) is 27.7 Å². The second-order valence-electron chi connectivity index (χ2n) is 7.08. The van der Waals surface area contributed by atoms with Crippen LogP contribution in [0.3, 0.4) is 0 Å². The molecule has 0 spiro atoms. The first-order valence-corrected chi connectivity index (χ1v) is 10.1. The summed E-state index contributed by atoms with van der Waals surface area (Å²) in [5.41, 5.74) is 0.845. The molecule has 4 rings (SSSR count). The van der Waals surface area contributed by atoms with E-state index in [1.54, 1.807) is 48.5 Å². The fraction of sp³-hybridized carbons (Fsp3) is 0.227. The Labute approximate surface area is 178 Å². The van der Waals surface area contributed by atoms with Crippen molar-refractivity contribution < 1.29 is 14.4 Å². The first-order chi connectivity index (χ1) is 14.0. The lowest BCUT2D eigenvalue weighted by Crippen LogP contribution is -2.49. The number of benzene rings is 2. The minimum Gasteiger partial charge on any atom is -0.272 e. The van der Waals surface area contributed by atoms with Crippen molar-refractivity contribution in [1.29, 1.82) is 0 Å². The van der Waals surface area contributed by atoms with Crippen LogP contribution in [0.2, 0.25) is 10.0 Å². The highest BCUT2D eigenvalue weighted by molar-refractivity contribution is 6.34. The minimum absolute atomic E-state index is 0.0198. The Morgan fingerprint density at radius 1 is 0.897 bits per heavy atom. The molecule has 0 aromatic heterocycles. The number of hydrogen-bond acceptors (Lipinski definition) is 3. The van der Waals surface area contributed by atoms with Crippen LogP contribution in [0.5, 0.6) is 0 Å². The van der Waals surface area contributed by atoms with E-state index in [4.69, 9.17) is 23.2 Å². The summed E-state index contributed by atoms with van der Waals surface area (Å²) in [5.74, 6) is -2.14. The number of halogens is 2. The van der Waals surface area contributed by atoms with E-state index in [0.29, 0.717) is 23.4 Å². The molecule has 1 aliphatic heterocycles. The topological polar surface area (TPSA) is 57.7 Å². The highest BCUT2D eigenvalue weighted by Crippen LogP contribution is 2.37. The summed E-state index contributed by atoms with van der Waals surface area (Å²) in [7, 11) is 0. The van der Waals surface area contributed by atoms with Gasteiger partial charge in [0.15, 0.2) is 0 Å². The molecule has 29 heavy (non-hydrogen) atoms. The molecule has 3 amide bonds. The molecule has 0 bridgehead atoms. The van der Waals surface area contributed by atoms with Gasteiger partial charge < -0.3 is 0 Å². The SMILES string of the molecule is O=C(c1ccccc1Cl)N(Cc1ccccc1Cl)N1C(=O)[C@H]2CC=CC[C@H]2C1=O. The molecular formula is C22H18Cl2N2O3. The molecule has 1 saturated heterocycles. The van der Waals surface area contributed by atoms with Crippen molar-refractivity contribution in [3.05, 3.63) is 81.9 Å². The van der Waals surface area contributed by atoms with Gasteiger partial charge in [-0.3, -0.25) is 14.4 Å².